The van der Waals surface area contributed by atoms with E-state index in [1.165, 1.54) is 12.1 Å². The molecule has 1 N–H and O–H groups in total. The highest BCUT2D eigenvalue weighted by Gasteiger charge is 2.30. The predicted octanol–water partition coefficient (Wildman–Crippen LogP) is 5.47. The van der Waals surface area contributed by atoms with Crippen LogP contribution in [0.4, 0.5) is 18.9 Å². The second kappa shape index (κ2) is 9.85. The maximum atomic E-state index is 12.7. The van der Waals surface area contributed by atoms with Crippen molar-refractivity contribution in [3.8, 4) is 11.5 Å². The first-order valence-electron chi connectivity index (χ1n) is 10.3. The van der Waals surface area contributed by atoms with Crippen LogP contribution in [0.25, 0.3) is 0 Å². The van der Waals surface area contributed by atoms with Crippen LogP contribution in [-0.4, -0.2) is 29.8 Å². The van der Waals surface area contributed by atoms with Gasteiger partial charge in [0.05, 0.1) is 11.3 Å². The third-order valence-corrected chi connectivity index (χ3v) is 5.24. The first-order valence-corrected chi connectivity index (χ1v) is 10.3. The molecular weight excluding hydrogens is 409 g/mol. The number of ether oxygens (including phenoxy) is 1. The summed E-state index contributed by atoms with van der Waals surface area (Å²) in [6.07, 6.45) is -1.92. The first kappa shape index (κ1) is 22.7. The molecule has 0 spiro atoms. The number of hydrogen-bond acceptors (Lipinski definition) is 3. The van der Waals surface area contributed by atoms with Crippen molar-refractivity contribution >= 4 is 17.5 Å². The molecule has 0 unspecified atom stereocenters. The molecule has 2 aromatic carbocycles. The van der Waals surface area contributed by atoms with Gasteiger partial charge >= 0.3 is 6.18 Å². The SMILES string of the molecule is CCCC(=O)N1CCC(C(=O)Nc2ccccc2Oc2ccc(C(F)(F)F)cc2)CC1. The molecular formula is C23H25F3N2O3. The van der Waals surface area contributed by atoms with Gasteiger partial charge in [-0.15, -0.1) is 0 Å². The van der Waals surface area contributed by atoms with Crippen LogP contribution in [0, 0.1) is 5.92 Å². The van der Waals surface area contributed by atoms with Gasteiger partial charge in [-0.3, -0.25) is 9.59 Å². The van der Waals surface area contributed by atoms with Crippen LogP contribution in [0.15, 0.2) is 48.5 Å². The number of halogens is 3. The van der Waals surface area contributed by atoms with Crippen LogP contribution in [0.3, 0.4) is 0 Å². The Hall–Kier alpha value is -3.03. The number of carbonyl (C=O) groups excluding carboxylic acids is 2. The lowest BCUT2D eigenvalue weighted by Crippen LogP contribution is -2.41. The summed E-state index contributed by atoms with van der Waals surface area (Å²) < 4.78 is 43.9. The van der Waals surface area contributed by atoms with Crippen LogP contribution in [-0.2, 0) is 15.8 Å². The number of rotatable bonds is 6. The number of anilines is 1. The van der Waals surface area contributed by atoms with E-state index in [0.717, 1.165) is 18.6 Å². The van der Waals surface area contributed by atoms with Crippen LogP contribution >= 0.6 is 0 Å². The predicted molar refractivity (Wildman–Crippen MR) is 111 cm³/mol. The molecule has 2 aromatic rings. The van der Waals surface area contributed by atoms with Gasteiger partial charge in [0.25, 0.3) is 0 Å². The van der Waals surface area contributed by atoms with Gasteiger partial charge in [-0.25, -0.2) is 0 Å². The molecule has 0 aromatic heterocycles. The molecule has 1 aliphatic rings. The van der Waals surface area contributed by atoms with Gasteiger partial charge in [0.2, 0.25) is 11.8 Å². The van der Waals surface area contributed by atoms with Gasteiger partial charge in [-0.1, -0.05) is 19.1 Å². The molecule has 3 rings (SSSR count). The Morgan fingerprint density at radius 2 is 1.71 bits per heavy atom. The van der Waals surface area contributed by atoms with Gasteiger partial charge in [0.1, 0.15) is 5.75 Å². The number of alkyl halides is 3. The van der Waals surface area contributed by atoms with Crippen molar-refractivity contribution in [3.05, 3.63) is 54.1 Å². The quantitative estimate of drug-likeness (QED) is 0.656. The lowest BCUT2D eigenvalue weighted by Gasteiger charge is -2.31. The molecule has 31 heavy (non-hydrogen) atoms. The highest BCUT2D eigenvalue weighted by molar-refractivity contribution is 5.94. The third-order valence-electron chi connectivity index (χ3n) is 5.24. The van der Waals surface area contributed by atoms with E-state index in [4.69, 9.17) is 4.74 Å². The molecule has 0 aliphatic carbocycles. The monoisotopic (exact) mass is 434 g/mol. The average Bonchev–Trinajstić information content (AvgIpc) is 2.75. The standard InChI is InChI=1S/C23H25F3N2O3/c1-2-5-21(29)28-14-12-16(13-15-28)22(30)27-19-6-3-4-7-20(19)31-18-10-8-17(9-11-18)23(24,25)26/h3-4,6-11,16H,2,5,12-15H2,1H3,(H,27,30). The fraction of sp³-hybridized carbons (Fsp3) is 0.391. The van der Waals surface area contributed by atoms with E-state index in [-0.39, 0.29) is 23.5 Å². The highest BCUT2D eigenvalue weighted by atomic mass is 19.4. The summed E-state index contributed by atoms with van der Waals surface area (Å²) >= 11 is 0. The number of nitrogens with one attached hydrogen (secondary N) is 1. The Kier molecular flexibility index (Phi) is 7.20. The summed E-state index contributed by atoms with van der Waals surface area (Å²) in [6, 6.07) is 11.1. The van der Waals surface area contributed by atoms with Gasteiger partial charge in [-0.05, 0) is 55.7 Å². The van der Waals surface area contributed by atoms with Crippen LogP contribution < -0.4 is 10.1 Å². The highest BCUT2D eigenvalue weighted by Crippen LogP contribution is 2.33. The number of benzene rings is 2. The molecule has 8 heteroatoms. The largest absolute Gasteiger partial charge is 0.455 e. The average molecular weight is 434 g/mol. The van der Waals surface area contributed by atoms with Crippen molar-refractivity contribution in [1.82, 2.24) is 4.90 Å². The molecule has 1 saturated heterocycles. The van der Waals surface area contributed by atoms with Crippen LogP contribution in [0.2, 0.25) is 0 Å². The van der Waals surface area contributed by atoms with Gasteiger partial charge in [0.15, 0.2) is 5.75 Å². The van der Waals surface area contributed by atoms with Crippen molar-refractivity contribution in [2.75, 3.05) is 18.4 Å². The van der Waals surface area contributed by atoms with Crippen molar-refractivity contribution in [3.63, 3.8) is 0 Å². The number of carbonyl (C=O) groups is 2. The number of likely N-dealkylation sites (tertiary alicyclic amines) is 1. The third kappa shape index (κ3) is 5.99. The van der Waals surface area contributed by atoms with E-state index in [2.05, 4.69) is 5.32 Å². The molecule has 0 radical (unpaired) electrons. The minimum Gasteiger partial charge on any atom is -0.455 e. The van der Waals surface area contributed by atoms with E-state index in [1.54, 1.807) is 29.2 Å². The van der Waals surface area contributed by atoms with Gasteiger partial charge < -0.3 is 15.0 Å². The maximum absolute atomic E-state index is 12.7. The smallest absolute Gasteiger partial charge is 0.416 e. The summed E-state index contributed by atoms with van der Waals surface area (Å²) in [5.41, 5.74) is -0.318. The fourth-order valence-corrected chi connectivity index (χ4v) is 3.50. The summed E-state index contributed by atoms with van der Waals surface area (Å²) in [7, 11) is 0. The summed E-state index contributed by atoms with van der Waals surface area (Å²) in [6.45, 7) is 3.07. The van der Waals surface area contributed by atoms with Crippen molar-refractivity contribution < 1.29 is 27.5 Å². The molecule has 5 nitrogen and oxygen atoms in total. The van der Waals surface area contributed by atoms with Crippen LogP contribution in [0.5, 0.6) is 11.5 Å². The van der Waals surface area contributed by atoms with E-state index in [9.17, 15) is 22.8 Å². The zero-order valence-corrected chi connectivity index (χ0v) is 17.2. The summed E-state index contributed by atoms with van der Waals surface area (Å²) in [5.74, 6) is 0.316. The van der Waals surface area contributed by atoms with Crippen molar-refractivity contribution in [2.45, 2.75) is 38.8 Å². The minimum atomic E-state index is -4.42. The first-order chi connectivity index (χ1) is 14.8. The van der Waals surface area contributed by atoms with Crippen molar-refractivity contribution in [1.29, 1.82) is 0 Å². The lowest BCUT2D eigenvalue weighted by atomic mass is 9.95. The number of nitrogens with zero attached hydrogens (tertiary/aromatic N) is 1. The normalized spacial score (nSPS) is 14.9. The summed E-state index contributed by atoms with van der Waals surface area (Å²) in [5, 5.41) is 2.86. The number of hydrogen-bond donors (Lipinski definition) is 1. The van der Waals surface area contributed by atoms with Crippen molar-refractivity contribution in [2.24, 2.45) is 5.92 Å². The molecule has 0 bridgehead atoms. The molecule has 0 atom stereocenters. The van der Waals surface area contributed by atoms with E-state index >= 15 is 0 Å². The molecule has 1 heterocycles. The zero-order valence-electron chi connectivity index (χ0n) is 17.2. The van der Waals surface area contributed by atoms with E-state index < -0.39 is 11.7 Å². The minimum absolute atomic E-state index is 0.122. The zero-order chi connectivity index (χ0) is 22.4. The lowest BCUT2D eigenvalue weighted by molar-refractivity contribution is -0.137. The molecule has 0 saturated carbocycles. The Labute approximate surface area is 179 Å². The Morgan fingerprint density at radius 1 is 1.06 bits per heavy atom. The molecule has 1 aliphatic heterocycles. The topological polar surface area (TPSA) is 58.6 Å². The van der Waals surface area contributed by atoms with E-state index in [0.29, 0.717) is 43.8 Å². The maximum Gasteiger partial charge on any atom is 0.416 e. The Balaban J connectivity index is 1.62. The summed E-state index contributed by atoms with van der Waals surface area (Å²) in [4.78, 5) is 26.5. The van der Waals surface area contributed by atoms with E-state index in [1.807, 2.05) is 6.92 Å². The molecule has 166 valence electrons. The Bertz CT molecular complexity index is 905. The number of amides is 2. The number of para-hydroxylation sites is 2. The van der Waals surface area contributed by atoms with Gasteiger partial charge in [0, 0.05) is 25.4 Å². The molecule has 1 fully saturated rings. The second-order valence-electron chi connectivity index (χ2n) is 7.51. The fourth-order valence-electron chi connectivity index (χ4n) is 3.50. The molecule has 2 amide bonds. The second-order valence-corrected chi connectivity index (χ2v) is 7.51. The van der Waals surface area contributed by atoms with Crippen LogP contribution in [0.1, 0.15) is 38.2 Å². The Morgan fingerprint density at radius 3 is 2.32 bits per heavy atom. The number of piperidine rings is 1. The van der Waals surface area contributed by atoms with Gasteiger partial charge in [-0.2, -0.15) is 13.2 Å².